The summed E-state index contributed by atoms with van der Waals surface area (Å²) in [4.78, 5) is 28.1. The van der Waals surface area contributed by atoms with Crippen LogP contribution in [0.4, 0.5) is 5.69 Å². The van der Waals surface area contributed by atoms with Crippen LogP contribution in [0.5, 0.6) is 0 Å². The van der Waals surface area contributed by atoms with Gasteiger partial charge in [-0.1, -0.05) is 12.1 Å². The first kappa shape index (κ1) is 15.5. The minimum Gasteiger partial charge on any atom is -0.333 e. The number of benzene rings is 1. The quantitative estimate of drug-likeness (QED) is 0.832. The van der Waals surface area contributed by atoms with E-state index in [1.165, 1.54) is 0 Å². The summed E-state index contributed by atoms with van der Waals surface area (Å²) in [7, 11) is 0. The van der Waals surface area contributed by atoms with Crippen LogP contribution in [-0.2, 0) is 9.59 Å². The summed E-state index contributed by atoms with van der Waals surface area (Å²) in [5.74, 6) is -0.841. The van der Waals surface area contributed by atoms with Gasteiger partial charge in [0.05, 0.1) is 0 Å². The van der Waals surface area contributed by atoms with Crippen molar-refractivity contribution in [2.75, 3.05) is 37.6 Å². The summed E-state index contributed by atoms with van der Waals surface area (Å²) in [5.41, 5.74) is 1.86. The van der Waals surface area contributed by atoms with E-state index in [2.05, 4.69) is 5.32 Å². The maximum Gasteiger partial charge on any atom is 0.316 e. The highest BCUT2D eigenvalue weighted by Gasteiger charge is 2.27. The monoisotopic (exact) mass is 289 g/mol. The smallest absolute Gasteiger partial charge is 0.316 e. The molecule has 5 heteroatoms. The third kappa shape index (κ3) is 3.82. The topological polar surface area (TPSA) is 52.7 Å². The van der Waals surface area contributed by atoms with E-state index in [0.29, 0.717) is 19.6 Å². The van der Waals surface area contributed by atoms with Crippen molar-refractivity contribution in [3.05, 3.63) is 29.8 Å². The summed E-state index contributed by atoms with van der Waals surface area (Å²) in [6.45, 7) is 7.23. The molecule has 2 rings (SSSR count). The molecule has 0 unspecified atom stereocenters. The molecule has 0 aliphatic carbocycles. The Balaban J connectivity index is 2.13. The summed E-state index contributed by atoms with van der Waals surface area (Å²) in [5, 5.41) is 3.23. The van der Waals surface area contributed by atoms with Gasteiger partial charge in [-0.05, 0) is 44.5 Å². The Kier molecular flexibility index (Phi) is 5.33. The van der Waals surface area contributed by atoms with Crippen molar-refractivity contribution in [1.29, 1.82) is 0 Å². The van der Waals surface area contributed by atoms with E-state index in [1.54, 1.807) is 9.80 Å². The predicted molar refractivity (Wildman–Crippen MR) is 83.3 cm³/mol. The fourth-order valence-corrected chi connectivity index (χ4v) is 2.54. The lowest BCUT2D eigenvalue weighted by Gasteiger charge is -2.25. The SMILES string of the molecule is CCN(C(=O)C(=O)N1CCCNCC1)c1cccc(C)c1. The second-order valence-corrected chi connectivity index (χ2v) is 5.28. The third-order valence-corrected chi connectivity index (χ3v) is 3.68. The van der Waals surface area contributed by atoms with Crippen LogP contribution in [-0.4, -0.2) is 49.4 Å². The molecule has 1 aromatic rings. The number of amides is 2. The lowest BCUT2D eigenvalue weighted by atomic mass is 10.2. The highest BCUT2D eigenvalue weighted by molar-refractivity contribution is 6.40. The van der Waals surface area contributed by atoms with Crippen LogP contribution >= 0.6 is 0 Å². The van der Waals surface area contributed by atoms with Crippen LogP contribution in [0.25, 0.3) is 0 Å². The lowest BCUT2D eigenvalue weighted by molar-refractivity contribution is -0.144. The predicted octanol–water partition coefficient (Wildman–Crippen LogP) is 1.17. The number of anilines is 1. The van der Waals surface area contributed by atoms with Crippen molar-refractivity contribution in [3.63, 3.8) is 0 Å². The minimum atomic E-state index is -0.440. The Hall–Kier alpha value is -1.88. The molecule has 0 bridgehead atoms. The molecule has 1 aliphatic heterocycles. The minimum absolute atomic E-state index is 0.401. The van der Waals surface area contributed by atoms with Gasteiger partial charge in [0.1, 0.15) is 0 Å². The zero-order valence-electron chi connectivity index (χ0n) is 12.8. The normalized spacial score (nSPS) is 15.4. The number of aryl methyl sites for hydroxylation is 1. The van der Waals surface area contributed by atoms with Crippen molar-refractivity contribution >= 4 is 17.5 Å². The number of hydrogen-bond acceptors (Lipinski definition) is 3. The summed E-state index contributed by atoms with van der Waals surface area (Å²) >= 11 is 0. The molecule has 1 aromatic carbocycles. The van der Waals surface area contributed by atoms with E-state index in [1.807, 2.05) is 38.1 Å². The highest BCUT2D eigenvalue weighted by atomic mass is 16.2. The standard InChI is InChI=1S/C16H23N3O2/c1-3-19(14-7-4-6-13(2)12-14)16(21)15(20)18-10-5-8-17-9-11-18/h4,6-7,12,17H,3,5,8-11H2,1-2H3. The van der Waals surface area contributed by atoms with Crippen molar-refractivity contribution in [2.45, 2.75) is 20.3 Å². The molecule has 5 nitrogen and oxygen atoms in total. The molecular formula is C16H23N3O2. The van der Waals surface area contributed by atoms with Crippen molar-refractivity contribution < 1.29 is 9.59 Å². The van der Waals surface area contributed by atoms with Crippen LogP contribution in [0.1, 0.15) is 18.9 Å². The van der Waals surface area contributed by atoms with Gasteiger partial charge in [0.15, 0.2) is 0 Å². The largest absolute Gasteiger partial charge is 0.333 e. The molecule has 0 radical (unpaired) electrons. The molecule has 1 saturated heterocycles. The zero-order chi connectivity index (χ0) is 15.2. The molecule has 1 N–H and O–H groups in total. The van der Waals surface area contributed by atoms with Crippen LogP contribution in [0.15, 0.2) is 24.3 Å². The summed E-state index contributed by atoms with van der Waals surface area (Å²) < 4.78 is 0. The van der Waals surface area contributed by atoms with Gasteiger partial charge >= 0.3 is 11.8 Å². The number of likely N-dealkylation sites (N-methyl/N-ethyl adjacent to an activating group) is 1. The first-order valence-electron chi connectivity index (χ1n) is 7.51. The van der Waals surface area contributed by atoms with Crippen LogP contribution < -0.4 is 10.2 Å². The molecule has 1 heterocycles. The van der Waals surface area contributed by atoms with Gasteiger partial charge in [0.25, 0.3) is 0 Å². The second kappa shape index (κ2) is 7.22. The van der Waals surface area contributed by atoms with Crippen LogP contribution in [0.2, 0.25) is 0 Å². The fraction of sp³-hybridized carbons (Fsp3) is 0.500. The Morgan fingerprint density at radius 2 is 2.10 bits per heavy atom. The number of hydrogen-bond donors (Lipinski definition) is 1. The van der Waals surface area contributed by atoms with E-state index >= 15 is 0 Å². The average Bonchev–Trinajstić information content (AvgIpc) is 2.76. The summed E-state index contributed by atoms with van der Waals surface area (Å²) in [6.07, 6.45) is 0.885. The Bertz CT molecular complexity index is 508. The van der Waals surface area contributed by atoms with Crippen LogP contribution in [0, 0.1) is 6.92 Å². The number of carbonyl (C=O) groups excluding carboxylic acids is 2. The maximum atomic E-state index is 12.5. The van der Waals surface area contributed by atoms with Gasteiger partial charge < -0.3 is 15.1 Å². The number of nitrogens with zero attached hydrogens (tertiary/aromatic N) is 2. The van der Waals surface area contributed by atoms with E-state index in [-0.39, 0.29) is 0 Å². The molecule has 0 aromatic heterocycles. The Labute approximate surface area is 125 Å². The highest BCUT2D eigenvalue weighted by Crippen LogP contribution is 2.16. The van der Waals surface area contributed by atoms with Crippen molar-refractivity contribution in [1.82, 2.24) is 10.2 Å². The van der Waals surface area contributed by atoms with Gasteiger partial charge in [-0.2, -0.15) is 0 Å². The fourth-order valence-electron chi connectivity index (χ4n) is 2.54. The zero-order valence-corrected chi connectivity index (χ0v) is 12.8. The molecule has 2 amide bonds. The molecule has 21 heavy (non-hydrogen) atoms. The van der Waals surface area contributed by atoms with Gasteiger partial charge in [0, 0.05) is 31.9 Å². The van der Waals surface area contributed by atoms with E-state index < -0.39 is 11.8 Å². The van der Waals surface area contributed by atoms with E-state index in [9.17, 15) is 9.59 Å². The number of rotatable bonds is 2. The first-order chi connectivity index (χ1) is 10.1. The van der Waals surface area contributed by atoms with Gasteiger partial charge in [-0.3, -0.25) is 9.59 Å². The molecule has 0 atom stereocenters. The average molecular weight is 289 g/mol. The van der Waals surface area contributed by atoms with Crippen molar-refractivity contribution in [2.24, 2.45) is 0 Å². The van der Waals surface area contributed by atoms with Crippen molar-refractivity contribution in [3.8, 4) is 0 Å². The van der Waals surface area contributed by atoms with Gasteiger partial charge in [-0.15, -0.1) is 0 Å². The molecular weight excluding hydrogens is 266 g/mol. The number of carbonyl (C=O) groups is 2. The molecule has 114 valence electrons. The molecule has 1 aliphatic rings. The lowest BCUT2D eigenvalue weighted by Crippen LogP contribution is -2.46. The third-order valence-electron chi connectivity index (χ3n) is 3.68. The first-order valence-corrected chi connectivity index (χ1v) is 7.51. The van der Waals surface area contributed by atoms with Gasteiger partial charge in [-0.25, -0.2) is 0 Å². The van der Waals surface area contributed by atoms with Crippen LogP contribution in [0.3, 0.4) is 0 Å². The van der Waals surface area contributed by atoms with E-state index in [0.717, 1.165) is 30.8 Å². The molecule has 1 fully saturated rings. The Morgan fingerprint density at radius 3 is 2.81 bits per heavy atom. The number of nitrogens with one attached hydrogen (secondary N) is 1. The van der Waals surface area contributed by atoms with E-state index in [4.69, 9.17) is 0 Å². The second-order valence-electron chi connectivity index (χ2n) is 5.28. The molecule has 0 saturated carbocycles. The maximum absolute atomic E-state index is 12.5. The molecule has 0 spiro atoms. The Morgan fingerprint density at radius 1 is 1.29 bits per heavy atom. The summed E-state index contributed by atoms with van der Waals surface area (Å²) in [6, 6.07) is 7.68. The van der Waals surface area contributed by atoms with Gasteiger partial charge in [0.2, 0.25) is 0 Å².